The van der Waals surface area contributed by atoms with Gasteiger partial charge in [0.2, 0.25) is 0 Å². The SMILES string of the molecule is CCCOc1c(Br)cc(/C=C(\C#N)C(=O)Nc2ccccc2CC)cc1OCC. The molecule has 0 radical (unpaired) electrons. The number of nitrogens with one attached hydrogen (secondary N) is 1. The summed E-state index contributed by atoms with van der Waals surface area (Å²) in [6.07, 6.45) is 3.20. The molecular formula is C23H25BrN2O3. The van der Waals surface area contributed by atoms with Gasteiger partial charge in [-0.15, -0.1) is 0 Å². The molecule has 5 nitrogen and oxygen atoms in total. The third-order valence-corrected chi connectivity index (χ3v) is 4.69. The van der Waals surface area contributed by atoms with Crippen LogP contribution in [0.5, 0.6) is 11.5 Å². The number of carbonyl (C=O) groups is 1. The van der Waals surface area contributed by atoms with Gasteiger partial charge in [0.25, 0.3) is 5.91 Å². The van der Waals surface area contributed by atoms with E-state index in [9.17, 15) is 10.1 Å². The van der Waals surface area contributed by atoms with Crippen molar-refractivity contribution in [2.75, 3.05) is 18.5 Å². The summed E-state index contributed by atoms with van der Waals surface area (Å²) in [6, 6.07) is 13.1. The quantitative estimate of drug-likeness (QED) is 0.385. The number of halogens is 1. The monoisotopic (exact) mass is 456 g/mol. The number of aryl methyl sites for hydroxylation is 1. The van der Waals surface area contributed by atoms with Gasteiger partial charge in [0, 0.05) is 5.69 Å². The Hall–Kier alpha value is -2.78. The van der Waals surface area contributed by atoms with E-state index in [0.29, 0.717) is 40.4 Å². The lowest BCUT2D eigenvalue weighted by Gasteiger charge is -2.14. The zero-order chi connectivity index (χ0) is 21.2. The molecule has 2 aromatic carbocycles. The van der Waals surface area contributed by atoms with Crippen molar-refractivity contribution in [3.05, 3.63) is 57.6 Å². The number of para-hydroxylation sites is 1. The fourth-order valence-corrected chi connectivity index (χ4v) is 3.31. The molecule has 0 spiro atoms. The van der Waals surface area contributed by atoms with Crippen LogP contribution in [0, 0.1) is 11.3 Å². The Morgan fingerprint density at radius 1 is 1.21 bits per heavy atom. The van der Waals surface area contributed by atoms with Crippen molar-refractivity contribution in [1.82, 2.24) is 0 Å². The van der Waals surface area contributed by atoms with E-state index in [1.54, 1.807) is 18.2 Å². The van der Waals surface area contributed by atoms with Crippen molar-refractivity contribution >= 4 is 33.6 Å². The Labute approximate surface area is 180 Å². The Kier molecular flexibility index (Phi) is 8.75. The van der Waals surface area contributed by atoms with Crippen molar-refractivity contribution < 1.29 is 14.3 Å². The maximum absolute atomic E-state index is 12.7. The van der Waals surface area contributed by atoms with Gasteiger partial charge in [-0.3, -0.25) is 4.79 Å². The highest BCUT2D eigenvalue weighted by Crippen LogP contribution is 2.37. The van der Waals surface area contributed by atoms with Crippen molar-refractivity contribution in [3.63, 3.8) is 0 Å². The predicted molar refractivity (Wildman–Crippen MR) is 119 cm³/mol. The van der Waals surface area contributed by atoms with Crippen LogP contribution < -0.4 is 14.8 Å². The van der Waals surface area contributed by atoms with Crippen LogP contribution in [-0.2, 0) is 11.2 Å². The number of hydrogen-bond donors (Lipinski definition) is 1. The first-order valence-corrected chi connectivity index (χ1v) is 10.4. The van der Waals surface area contributed by atoms with Crippen molar-refractivity contribution in [3.8, 4) is 17.6 Å². The number of rotatable bonds is 9. The summed E-state index contributed by atoms with van der Waals surface area (Å²) in [6.45, 7) is 6.97. The van der Waals surface area contributed by atoms with Gasteiger partial charge >= 0.3 is 0 Å². The number of benzene rings is 2. The van der Waals surface area contributed by atoms with Gasteiger partial charge in [0.05, 0.1) is 17.7 Å². The Morgan fingerprint density at radius 2 is 1.97 bits per heavy atom. The zero-order valence-electron chi connectivity index (χ0n) is 16.9. The summed E-state index contributed by atoms with van der Waals surface area (Å²) >= 11 is 3.50. The van der Waals surface area contributed by atoms with E-state index >= 15 is 0 Å². The van der Waals surface area contributed by atoms with Crippen LogP contribution in [-0.4, -0.2) is 19.1 Å². The molecule has 6 heteroatoms. The van der Waals surface area contributed by atoms with E-state index in [2.05, 4.69) is 21.2 Å². The smallest absolute Gasteiger partial charge is 0.266 e. The van der Waals surface area contributed by atoms with Crippen molar-refractivity contribution in [2.45, 2.75) is 33.6 Å². The van der Waals surface area contributed by atoms with Crippen molar-refractivity contribution in [2.24, 2.45) is 0 Å². The highest BCUT2D eigenvalue weighted by molar-refractivity contribution is 9.10. The Morgan fingerprint density at radius 3 is 2.62 bits per heavy atom. The average molecular weight is 457 g/mol. The van der Waals surface area contributed by atoms with Gasteiger partial charge in [0.15, 0.2) is 11.5 Å². The molecule has 0 unspecified atom stereocenters. The first-order chi connectivity index (χ1) is 14.0. The van der Waals surface area contributed by atoms with Gasteiger partial charge < -0.3 is 14.8 Å². The number of ether oxygens (including phenoxy) is 2. The summed E-state index contributed by atoms with van der Waals surface area (Å²) in [4.78, 5) is 12.7. The highest BCUT2D eigenvalue weighted by atomic mass is 79.9. The second kappa shape index (κ2) is 11.3. The van der Waals surface area contributed by atoms with E-state index in [4.69, 9.17) is 9.47 Å². The molecule has 0 aliphatic rings. The molecule has 0 aromatic heterocycles. The molecule has 1 amide bonds. The Balaban J connectivity index is 2.34. The minimum absolute atomic E-state index is 0.00693. The van der Waals surface area contributed by atoms with Crippen LogP contribution in [0.15, 0.2) is 46.4 Å². The lowest BCUT2D eigenvalue weighted by atomic mass is 10.1. The molecule has 152 valence electrons. The van der Waals surface area contributed by atoms with E-state index < -0.39 is 5.91 Å². The van der Waals surface area contributed by atoms with Gasteiger partial charge in [-0.05, 0) is 71.1 Å². The Bertz CT molecular complexity index is 932. The van der Waals surface area contributed by atoms with E-state index in [1.807, 2.05) is 51.1 Å². The second-order valence-electron chi connectivity index (χ2n) is 6.25. The lowest BCUT2D eigenvalue weighted by molar-refractivity contribution is -0.112. The fourth-order valence-electron chi connectivity index (χ4n) is 2.73. The normalized spacial score (nSPS) is 10.9. The molecule has 0 saturated heterocycles. The standard InChI is InChI=1S/C23H25BrN2O3/c1-4-11-29-22-19(24)13-16(14-21(22)28-6-3)12-18(15-25)23(27)26-20-10-8-7-9-17(20)5-2/h7-10,12-14H,4-6,11H2,1-3H3,(H,26,27)/b18-12+. The number of nitrogens with zero attached hydrogens (tertiary/aromatic N) is 1. The molecule has 0 atom stereocenters. The first kappa shape index (κ1) is 22.5. The summed E-state index contributed by atoms with van der Waals surface area (Å²) < 4.78 is 12.2. The summed E-state index contributed by atoms with van der Waals surface area (Å²) in [5.74, 6) is 0.732. The van der Waals surface area contributed by atoms with Gasteiger partial charge in [-0.1, -0.05) is 32.0 Å². The van der Waals surface area contributed by atoms with Gasteiger partial charge in [-0.25, -0.2) is 0 Å². The maximum Gasteiger partial charge on any atom is 0.266 e. The van der Waals surface area contributed by atoms with Crippen LogP contribution in [0.3, 0.4) is 0 Å². The molecule has 29 heavy (non-hydrogen) atoms. The molecule has 0 fully saturated rings. The number of carbonyl (C=O) groups excluding carboxylic acids is 1. The van der Waals surface area contributed by atoms with Gasteiger partial charge in [-0.2, -0.15) is 5.26 Å². The van der Waals surface area contributed by atoms with Gasteiger partial charge in [0.1, 0.15) is 11.6 Å². The second-order valence-corrected chi connectivity index (χ2v) is 7.10. The van der Waals surface area contributed by atoms with Crippen molar-refractivity contribution in [1.29, 1.82) is 5.26 Å². The summed E-state index contributed by atoms with van der Waals surface area (Å²) in [5.41, 5.74) is 2.39. The van der Waals surface area contributed by atoms with Crippen LogP contribution in [0.2, 0.25) is 0 Å². The highest BCUT2D eigenvalue weighted by Gasteiger charge is 2.15. The molecule has 0 bridgehead atoms. The summed E-state index contributed by atoms with van der Waals surface area (Å²) in [7, 11) is 0. The third kappa shape index (κ3) is 6.10. The summed E-state index contributed by atoms with van der Waals surface area (Å²) in [5, 5.41) is 12.4. The first-order valence-electron chi connectivity index (χ1n) is 9.64. The molecular weight excluding hydrogens is 432 g/mol. The molecule has 1 N–H and O–H groups in total. The number of anilines is 1. The predicted octanol–water partition coefficient (Wildman–Crippen LogP) is 5.74. The molecule has 2 rings (SSSR count). The largest absolute Gasteiger partial charge is 0.490 e. The molecule has 0 heterocycles. The fraction of sp³-hybridized carbons (Fsp3) is 0.304. The van der Waals surface area contributed by atoms with E-state index in [1.165, 1.54) is 0 Å². The van der Waals surface area contributed by atoms with Crippen LogP contribution >= 0.6 is 15.9 Å². The molecule has 0 saturated carbocycles. The topological polar surface area (TPSA) is 71.3 Å². The minimum Gasteiger partial charge on any atom is -0.490 e. The number of hydrogen-bond acceptors (Lipinski definition) is 4. The molecule has 2 aromatic rings. The van der Waals surface area contributed by atoms with Crippen LogP contribution in [0.4, 0.5) is 5.69 Å². The molecule has 0 aliphatic heterocycles. The number of amides is 1. The van der Waals surface area contributed by atoms with Crippen LogP contribution in [0.25, 0.3) is 6.08 Å². The zero-order valence-corrected chi connectivity index (χ0v) is 18.5. The van der Waals surface area contributed by atoms with Crippen LogP contribution in [0.1, 0.15) is 38.3 Å². The molecule has 0 aliphatic carbocycles. The third-order valence-electron chi connectivity index (χ3n) is 4.10. The maximum atomic E-state index is 12.7. The number of nitriles is 1. The lowest BCUT2D eigenvalue weighted by Crippen LogP contribution is -2.14. The van der Waals surface area contributed by atoms with E-state index in [-0.39, 0.29) is 5.57 Å². The minimum atomic E-state index is -0.450. The average Bonchev–Trinajstić information content (AvgIpc) is 2.72. The van der Waals surface area contributed by atoms with E-state index in [0.717, 1.165) is 18.4 Å².